The largest absolute Gasteiger partial charge is 0.444 e. The molecule has 0 bridgehead atoms. The molecule has 0 heterocycles. The molecule has 0 atom stereocenters. The molecular formula is C22H30N2O4S. The average Bonchev–Trinajstić information content (AvgIpc) is 2.65. The summed E-state index contributed by atoms with van der Waals surface area (Å²) < 4.78 is 33.7. The predicted molar refractivity (Wildman–Crippen MR) is 114 cm³/mol. The van der Waals surface area contributed by atoms with Gasteiger partial charge < -0.3 is 10.1 Å². The Labute approximate surface area is 173 Å². The van der Waals surface area contributed by atoms with Gasteiger partial charge >= 0.3 is 6.09 Å². The fourth-order valence-corrected chi connectivity index (χ4v) is 4.99. The number of nitrogens with one attached hydrogen (secondary N) is 2. The highest BCUT2D eigenvalue weighted by atomic mass is 32.2. The van der Waals surface area contributed by atoms with E-state index < -0.39 is 21.7 Å². The van der Waals surface area contributed by atoms with Crippen molar-refractivity contribution in [1.29, 1.82) is 0 Å². The van der Waals surface area contributed by atoms with Gasteiger partial charge in [0.05, 0.1) is 4.90 Å². The molecule has 6 nitrogen and oxygen atoms in total. The van der Waals surface area contributed by atoms with Crippen molar-refractivity contribution in [2.45, 2.75) is 63.0 Å². The molecule has 0 saturated heterocycles. The van der Waals surface area contributed by atoms with Crippen LogP contribution >= 0.6 is 0 Å². The smallest absolute Gasteiger partial charge is 0.407 e. The van der Waals surface area contributed by atoms with Crippen molar-refractivity contribution in [1.82, 2.24) is 10.0 Å². The first-order valence-electron chi connectivity index (χ1n) is 10.1. The van der Waals surface area contributed by atoms with E-state index in [0.717, 1.165) is 36.5 Å². The Hall–Kier alpha value is -2.12. The summed E-state index contributed by atoms with van der Waals surface area (Å²) in [6, 6.07) is 12.8. The highest BCUT2D eigenvalue weighted by molar-refractivity contribution is 7.89. The van der Waals surface area contributed by atoms with Crippen LogP contribution in [0.2, 0.25) is 0 Å². The molecule has 1 saturated carbocycles. The Morgan fingerprint density at radius 2 is 1.69 bits per heavy atom. The van der Waals surface area contributed by atoms with Crippen LogP contribution in [0.3, 0.4) is 0 Å². The first-order chi connectivity index (χ1) is 13.6. The standard InChI is InChI=1S/C22H30N2O4S/c1-22(2,3)28-21(25)23-15-16-8-11-19(12-9-16)24-29(26,27)20-13-10-17-6-4-5-7-18(17)14-20/h4-7,10,13-14,16,19,24H,8-9,11-12,15H2,1-3H3,(H,23,25)/t16-,19-. The lowest BCUT2D eigenvalue weighted by Crippen LogP contribution is -2.40. The number of benzene rings is 2. The van der Waals surface area contributed by atoms with E-state index in [1.807, 2.05) is 51.1 Å². The van der Waals surface area contributed by atoms with Gasteiger partial charge in [0.2, 0.25) is 10.0 Å². The molecule has 29 heavy (non-hydrogen) atoms. The van der Waals surface area contributed by atoms with Gasteiger partial charge in [0.25, 0.3) is 0 Å². The molecule has 0 unspecified atom stereocenters. The van der Waals surface area contributed by atoms with Crippen LogP contribution in [0, 0.1) is 5.92 Å². The Kier molecular flexibility index (Phi) is 6.49. The molecule has 3 rings (SSSR count). The summed E-state index contributed by atoms with van der Waals surface area (Å²) in [5, 5.41) is 4.74. The SMILES string of the molecule is CC(C)(C)OC(=O)NC[C@H]1CC[C@H](NS(=O)(=O)c2ccc3ccccc3c2)CC1. The molecule has 2 aromatic carbocycles. The summed E-state index contributed by atoms with van der Waals surface area (Å²) in [4.78, 5) is 12.1. The van der Waals surface area contributed by atoms with Gasteiger partial charge in [0.1, 0.15) is 5.60 Å². The maximum atomic E-state index is 12.8. The molecule has 0 aliphatic heterocycles. The molecule has 1 amide bonds. The number of rotatable bonds is 5. The average molecular weight is 419 g/mol. The van der Waals surface area contributed by atoms with Crippen molar-refractivity contribution in [3.8, 4) is 0 Å². The second kappa shape index (κ2) is 8.71. The lowest BCUT2D eigenvalue weighted by Gasteiger charge is -2.29. The van der Waals surface area contributed by atoms with E-state index in [4.69, 9.17) is 4.74 Å². The van der Waals surface area contributed by atoms with E-state index in [1.165, 1.54) is 0 Å². The Morgan fingerprint density at radius 3 is 2.34 bits per heavy atom. The van der Waals surface area contributed by atoms with Crippen LogP contribution in [0.5, 0.6) is 0 Å². The summed E-state index contributed by atoms with van der Waals surface area (Å²) in [6.45, 7) is 6.05. The molecule has 1 aliphatic carbocycles. The Bertz CT molecular complexity index is 958. The van der Waals surface area contributed by atoms with Crippen LogP contribution in [0.15, 0.2) is 47.4 Å². The third kappa shape index (κ3) is 6.18. The minimum absolute atomic E-state index is 0.0794. The zero-order valence-electron chi connectivity index (χ0n) is 17.3. The van der Waals surface area contributed by atoms with Gasteiger partial charge in [0.15, 0.2) is 0 Å². The van der Waals surface area contributed by atoms with Gasteiger partial charge in [-0.2, -0.15) is 0 Å². The molecule has 7 heteroatoms. The number of carbonyl (C=O) groups is 1. The number of amides is 1. The van der Waals surface area contributed by atoms with Crippen LogP contribution in [0.1, 0.15) is 46.5 Å². The van der Waals surface area contributed by atoms with Crippen molar-refractivity contribution < 1.29 is 17.9 Å². The minimum Gasteiger partial charge on any atom is -0.444 e. The fraction of sp³-hybridized carbons (Fsp3) is 0.500. The van der Waals surface area contributed by atoms with Crippen LogP contribution < -0.4 is 10.0 Å². The molecule has 158 valence electrons. The number of hydrogen-bond donors (Lipinski definition) is 2. The van der Waals surface area contributed by atoms with Gasteiger partial charge in [-0.3, -0.25) is 0 Å². The second-order valence-corrected chi connectivity index (χ2v) is 10.4. The normalized spacial score (nSPS) is 20.4. The number of carbonyl (C=O) groups excluding carboxylic acids is 1. The molecule has 0 spiro atoms. The van der Waals surface area contributed by atoms with Gasteiger partial charge in [-0.05, 0) is 75.3 Å². The third-order valence-electron chi connectivity index (χ3n) is 5.13. The summed E-state index contributed by atoms with van der Waals surface area (Å²) in [5.41, 5.74) is -0.511. The molecule has 1 fully saturated rings. The first-order valence-corrected chi connectivity index (χ1v) is 11.6. The van der Waals surface area contributed by atoms with Crippen molar-refractivity contribution in [2.75, 3.05) is 6.54 Å². The van der Waals surface area contributed by atoms with E-state index in [2.05, 4.69) is 10.0 Å². The molecule has 1 aliphatic rings. The van der Waals surface area contributed by atoms with Gasteiger partial charge in [-0.25, -0.2) is 17.9 Å². The van der Waals surface area contributed by atoms with E-state index in [-0.39, 0.29) is 6.04 Å². The number of ether oxygens (including phenoxy) is 1. The molecule has 0 aromatic heterocycles. The topological polar surface area (TPSA) is 84.5 Å². The summed E-state index contributed by atoms with van der Waals surface area (Å²) in [5.74, 6) is 0.337. The van der Waals surface area contributed by atoms with Crippen LogP contribution in [-0.4, -0.2) is 32.7 Å². The van der Waals surface area contributed by atoms with Crippen molar-refractivity contribution in [3.05, 3.63) is 42.5 Å². The molecule has 2 aromatic rings. The van der Waals surface area contributed by atoms with Gasteiger partial charge in [-0.1, -0.05) is 30.3 Å². The van der Waals surface area contributed by atoms with Crippen molar-refractivity contribution in [3.63, 3.8) is 0 Å². The Morgan fingerprint density at radius 1 is 1.03 bits per heavy atom. The van der Waals surface area contributed by atoms with Gasteiger partial charge in [0, 0.05) is 12.6 Å². The van der Waals surface area contributed by atoms with E-state index in [9.17, 15) is 13.2 Å². The quantitative estimate of drug-likeness (QED) is 0.762. The van der Waals surface area contributed by atoms with Crippen molar-refractivity contribution >= 4 is 26.9 Å². The molecule has 0 radical (unpaired) electrons. The number of fused-ring (bicyclic) bond motifs is 1. The number of sulfonamides is 1. The number of alkyl carbamates (subject to hydrolysis) is 1. The number of hydrogen-bond acceptors (Lipinski definition) is 4. The summed E-state index contributed by atoms with van der Waals surface area (Å²) in [6.07, 6.45) is 2.83. The zero-order chi connectivity index (χ0) is 21.1. The van der Waals surface area contributed by atoms with Gasteiger partial charge in [-0.15, -0.1) is 0 Å². The monoisotopic (exact) mass is 418 g/mol. The summed E-state index contributed by atoms with van der Waals surface area (Å²) in [7, 11) is -3.55. The maximum Gasteiger partial charge on any atom is 0.407 e. The fourth-order valence-electron chi connectivity index (χ4n) is 3.65. The van der Waals surface area contributed by atoms with Crippen molar-refractivity contribution in [2.24, 2.45) is 5.92 Å². The highest BCUT2D eigenvalue weighted by Gasteiger charge is 2.26. The van der Waals surface area contributed by atoms with E-state index in [1.54, 1.807) is 12.1 Å². The highest BCUT2D eigenvalue weighted by Crippen LogP contribution is 2.26. The summed E-state index contributed by atoms with van der Waals surface area (Å²) >= 11 is 0. The lowest BCUT2D eigenvalue weighted by atomic mass is 9.86. The van der Waals surface area contributed by atoms with E-state index in [0.29, 0.717) is 17.4 Å². The van der Waals surface area contributed by atoms with Crippen LogP contribution in [0.25, 0.3) is 10.8 Å². The van der Waals surface area contributed by atoms with E-state index >= 15 is 0 Å². The van der Waals surface area contributed by atoms with Crippen LogP contribution in [-0.2, 0) is 14.8 Å². The Balaban J connectivity index is 1.51. The second-order valence-electron chi connectivity index (χ2n) is 8.73. The molecular weight excluding hydrogens is 388 g/mol. The van der Waals surface area contributed by atoms with Crippen LogP contribution in [0.4, 0.5) is 4.79 Å². The predicted octanol–water partition coefficient (Wildman–Crippen LogP) is 4.20. The first kappa shape index (κ1) is 21.6. The third-order valence-corrected chi connectivity index (χ3v) is 6.65. The maximum absolute atomic E-state index is 12.8. The minimum atomic E-state index is -3.55. The lowest BCUT2D eigenvalue weighted by molar-refractivity contribution is 0.0514. The zero-order valence-corrected chi connectivity index (χ0v) is 18.1. The molecule has 2 N–H and O–H groups in total.